The van der Waals surface area contributed by atoms with Crippen LogP contribution in [0.25, 0.3) is 11.5 Å². The van der Waals surface area contributed by atoms with Crippen molar-refractivity contribution in [3.8, 4) is 17.3 Å². The van der Waals surface area contributed by atoms with Gasteiger partial charge in [0.15, 0.2) is 0 Å². The molecule has 1 fully saturated rings. The number of likely N-dealkylation sites (tertiary alicyclic amines) is 1. The number of nitrogens with zero attached hydrogens (tertiary/aromatic N) is 5. The standard InChI is InChI=1S/C20H23N5O3/c1-26-11-12-27-16-7-9-22-17(13-16)19-23-20(28-24-19)18-6-4-10-25(18)14-15-5-2-3-8-21-15/h2-3,5,7-9,13,18H,4,6,10-12,14H2,1H3/t18-/m1/s1. The Morgan fingerprint density at radius 2 is 2.14 bits per heavy atom. The van der Waals surface area contributed by atoms with Crippen molar-refractivity contribution in [2.45, 2.75) is 25.4 Å². The summed E-state index contributed by atoms with van der Waals surface area (Å²) >= 11 is 0. The summed E-state index contributed by atoms with van der Waals surface area (Å²) in [5.74, 6) is 1.79. The fourth-order valence-corrected chi connectivity index (χ4v) is 3.34. The molecule has 1 aliphatic rings. The monoisotopic (exact) mass is 381 g/mol. The van der Waals surface area contributed by atoms with Crippen LogP contribution in [0.1, 0.15) is 30.5 Å². The number of methoxy groups -OCH3 is 1. The van der Waals surface area contributed by atoms with Gasteiger partial charge in [-0.15, -0.1) is 0 Å². The van der Waals surface area contributed by atoms with Crippen molar-refractivity contribution in [1.82, 2.24) is 25.0 Å². The zero-order valence-electron chi connectivity index (χ0n) is 15.8. The Morgan fingerprint density at radius 3 is 3.00 bits per heavy atom. The van der Waals surface area contributed by atoms with Crippen LogP contribution in [0.2, 0.25) is 0 Å². The van der Waals surface area contributed by atoms with Gasteiger partial charge in [0.25, 0.3) is 0 Å². The van der Waals surface area contributed by atoms with E-state index in [1.807, 2.05) is 30.5 Å². The summed E-state index contributed by atoms with van der Waals surface area (Å²) in [7, 11) is 1.64. The molecule has 8 nitrogen and oxygen atoms in total. The second-order valence-corrected chi connectivity index (χ2v) is 6.62. The topological polar surface area (TPSA) is 86.4 Å². The Bertz CT molecular complexity index is 886. The molecule has 0 spiro atoms. The summed E-state index contributed by atoms with van der Waals surface area (Å²) in [4.78, 5) is 15.7. The summed E-state index contributed by atoms with van der Waals surface area (Å²) in [6, 6.07) is 9.68. The van der Waals surface area contributed by atoms with Gasteiger partial charge in [-0.3, -0.25) is 14.9 Å². The second kappa shape index (κ2) is 8.90. The summed E-state index contributed by atoms with van der Waals surface area (Å²) in [5, 5.41) is 4.14. The van der Waals surface area contributed by atoms with Gasteiger partial charge in [0.2, 0.25) is 11.7 Å². The average Bonchev–Trinajstić information content (AvgIpc) is 3.39. The Morgan fingerprint density at radius 1 is 1.18 bits per heavy atom. The first-order valence-corrected chi connectivity index (χ1v) is 9.39. The smallest absolute Gasteiger partial charge is 0.244 e. The zero-order valence-corrected chi connectivity index (χ0v) is 15.8. The van der Waals surface area contributed by atoms with E-state index in [0.717, 1.165) is 31.6 Å². The molecule has 0 radical (unpaired) electrons. The highest BCUT2D eigenvalue weighted by molar-refractivity contribution is 5.50. The van der Waals surface area contributed by atoms with Gasteiger partial charge < -0.3 is 14.0 Å². The van der Waals surface area contributed by atoms with Crippen LogP contribution in [0, 0.1) is 0 Å². The molecule has 4 rings (SSSR count). The summed E-state index contributed by atoms with van der Waals surface area (Å²) < 4.78 is 16.2. The van der Waals surface area contributed by atoms with Crippen LogP contribution in [0.4, 0.5) is 0 Å². The SMILES string of the molecule is COCCOc1ccnc(-c2noc([C@H]3CCCN3Cc3ccccn3)n2)c1. The lowest BCUT2D eigenvalue weighted by Crippen LogP contribution is -2.23. The van der Waals surface area contributed by atoms with Crippen molar-refractivity contribution in [2.75, 3.05) is 26.9 Å². The second-order valence-electron chi connectivity index (χ2n) is 6.62. The third-order valence-corrected chi connectivity index (χ3v) is 4.70. The van der Waals surface area contributed by atoms with E-state index >= 15 is 0 Å². The lowest BCUT2D eigenvalue weighted by Gasteiger charge is -2.20. The normalized spacial score (nSPS) is 17.1. The highest BCUT2D eigenvalue weighted by atomic mass is 16.5. The zero-order chi connectivity index (χ0) is 19.2. The molecule has 0 N–H and O–H groups in total. The van der Waals surface area contributed by atoms with E-state index in [-0.39, 0.29) is 6.04 Å². The molecule has 0 aliphatic carbocycles. The van der Waals surface area contributed by atoms with Crippen LogP contribution < -0.4 is 4.74 Å². The molecule has 1 saturated heterocycles. The van der Waals surface area contributed by atoms with Crippen molar-refractivity contribution < 1.29 is 14.0 Å². The van der Waals surface area contributed by atoms with E-state index in [1.54, 1.807) is 19.4 Å². The van der Waals surface area contributed by atoms with E-state index in [0.29, 0.717) is 36.4 Å². The van der Waals surface area contributed by atoms with E-state index < -0.39 is 0 Å². The molecule has 0 saturated carbocycles. The van der Waals surface area contributed by atoms with Gasteiger partial charge in [-0.2, -0.15) is 4.98 Å². The number of pyridine rings is 2. The first kappa shape index (κ1) is 18.5. The van der Waals surface area contributed by atoms with Crippen LogP contribution >= 0.6 is 0 Å². The largest absolute Gasteiger partial charge is 0.491 e. The fraction of sp³-hybridized carbons (Fsp3) is 0.400. The number of hydrogen-bond donors (Lipinski definition) is 0. The molecular formula is C20H23N5O3. The molecule has 0 aromatic carbocycles. The number of rotatable bonds is 8. The molecule has 0 unspecified atom stereocenters. The minimum absolute atomic E-state index is 0.101. The van der Waals surface area contributed by atoms with Crippen LogP contribution in [-0.4, -0.2) is 51.9 Å². The molecule has 28 heavy (non-hydrogen) atoms. The lowest BCUT2D eigenvalue weighted by molar-refractivity contribution is 0.146. The van der Waals surface area contributed by atoms with Crippen LogP contribution in [0.15, 0.2) is 47.2 Å². The quantitative estimate of drug-likeness (QED) is 0.551. The maximum atomic E-state index is 5.63. The molecular weight excluding hydrogens is 358 g/mol. The lowest BCUT2D eigenvalue weighted by atomic mass is 10.2. The van der Waals surface area contributed by atoms with Crippen molar-refractivity contribution in [2.24, 2.45) is 0 Å². The van der Waals surface area contributed by atoms with Gasteiger partial charge in [0.05, 0.1) is 18.3 Å². The van der Waals surface area contributed by atoms with Gasteiger partial charge in [-0.1, -0.05) is 11.2 Å². The summed E-state index contributed by atoms with van der Waals surface area (Å²) in [5.41, 5.74) is 1.66. The first-order chi connectivity index (χ1) is 13.8. The van der Waals surface area contributed by atoms with Crippen molar-refractivity contribution >= 4 is 0 Å². The summed E-state index contributed by atoms with van der Waals surface area (Å²) in [6.07, 6.45) is 5.58. The van der Waals surface area contributed by atoms with Crippen molar-refractivity contribution in [1.29, 1.82) is 0 Å². The van der Waals surface area contributed by atoms with E-state index in [2.05, 4.69) is 25.0 Å². The summed E-state index contributed by atoms with van der Waals surface area (Å²) in [6.45, 7) is 2.75. The van der Waals surface area contributed by atoms with Crippen LogP contribution in [-0.2, 0) is 11.3 Å². The maximum absolute atomic E-state index is 5.63. The molecule has 1 atom stereocenters. The molecule has 1 aliphatic heterocycles. The van der Waals surface area contributed by atoms with Gasteiger partial charge >= 0.3 is 0 Å². The highest BCUT2D eigenvalue weighted by Gasteiger charge is 2.31. The van der Waals surface area contributed by atoms with Gasteiger partial charge in [-0.25, -0.2) is 0 Å². The average molecular weight is 381 g/mol. The van der Waals surface area contributed by atoms with Crippen molar-refractivity contribution in [3.05, 3.63) is 54.3 Å². The Balaban J connectivity index is 1.47. The van der Waals surface area contributed by atoms with E-state index in [1.165, 1.54) is 0 Å². The maximum Gasteiger partial charge on any atom is 0.244 e. The molecule has 0 amide bonds. The van der Waals surface area contributed by atoms with Gasteiger partial charge in [0.1, 0.15) is 18.1 Å². The number of aromatic nitrogens is 4. The Kier molecular flexibility index (Phi) is 5.89. The van der Waals surface area contributed by atoms with Crippen LogP contribution in [0.3, 0.4) is 0 Å². The first-order valence-electron chi connectivity index (χ1n) is 9.39. The third-order valence-electron chi connectivity index (χ3n) is 4.70. The fourth-order valence-electron chi connectivity index (χ4n) is 3.34. The van der Waals surface area contributed by atoms with Gasteiger partial charge in [0, 0.05) is 32.1 Å². The minimum atomic E-state index is 0.101. The van der Waals surface area contributed by atoms with Gasteiger partial charge in [-0.05, 0) is 37.6 Å². The molecule has 3 aromatic rings. The van der Waals surface area contributed by atoms with Crippen molar-refractivity contribution in [3.63, 3.8) is 0 Å². The minimum Gasteiger partial charge on any atom is -0.491 e. The predicted octanol–water partition coefficient (Wildman–Crippen LogP) is 2.89. The molecule has 8 heteroatoms. The number of ether oxygens (including phenoxy) is 2. The third kappa shape index (κ3) is 4.35. The number of hydrogen-bond acceptors (Lipinski definition) is 8. The molecule has 3 aromatic heterocycles. The highest BCUT2D eigenvalue weighted by Crippen LogP contribution is 2.33. The van der Waals surface area contributed by atoms with E-state index in [4.69, 9.17) is 14.0 Å². The Hall–Kier alpha value is -2.84. The molecule has 0 bridgehead atoms. The van der Waals surface area contributed by atoms with Crippen LogP contribution in [0.5, 0.6) is 5.75 Å². The molecule has 146 valence electrons. The predicted molar refractivity (Wildman–Crippen MR) is 102 cm³/mol. The van der Waals surface area contributed by atoms with E-state index in [9.17, 15) is 0 Å². The Labute approximate surface area is 163 Å². The molecule has 4 heterocycles.